The molecule has 4 rings (SSSR count). The van der Waals surface area contributed by atoms with Crippen LogP contribution in [0.2, 0.25) is 0 Å². The molecular formula is C18H24N6O2. The minimum Gasteiger partial charge on any atom is -0.476 e. The molecule has 8 heteroatoms. The summed E-state index contributed by atoms with van der Waals surface area (Å²) >= 11 is 0. The molecular weight excluding hydrogens is 332 g/mol. The van der Waals surface area contributed by atoms with E-state index in [2.05, 4.69) is 32.2 Å². The summed E-state index contributed by atoms with van der Waals surface area (Å²) in [6.45, 7) is 2.35. The summed E-state index contributed by atoms with van der Waals surface area (Å²) < 4.78 is 7.58. The monoisotopic (exact) mass is 356 g/mol. The van der Waals surface area contributed by atoms with Gasteiger partial charge >= 0.3 is 0 Å². The van der Waals surface area contributed by atoms with E-state index in [0.717, 1.165) is 18.8 Å². The number of hydrogen-bond acceptors (Lipinski definition) is 6. The molecule has 0 bridgehead atoms. The maximum absolute atomic E-state index is 12.6. The van der Waals surface area contributed by atoms with Gasteiger partial charge in [-0.1, -0.05) is 0 Å². The van der Waals surface area contributed by atoms with Gasteiger partial charge in [0.2, 0.25) is 5.88 Å². The highest BCUT2D eigenvalue weighted by Crippen LogP contribution is 2.29. The van der Waals surface area contributed by atoms with Gasteiger partial charge in [-0.25, -0.2) is 15.0 Å². The van der Waals surface area contributed by atoms with Gasteiger partial charge in [0, 0.05) is 37.9 Å². The zero-order chi connectivity index (χ0) is 18.1. The lowest BCUT2D eigenvalue weighted by atomic mass is 10.00. The Labute approximate surface area is 152 Å². The zero-order valence-corrected chi connectivity index (χ0v) is 15.1. The van der Waals surface area contributed by atoms with E-state index in [9.17, 15) is 4.79 Å². The molecule has 26 heavy (non-hydrogen) atoms. The van der Waals surface area contributed by atoms with Gasteiger partial charge in [0.15, 0.2) is 0 Å². The summed E-state index contributed by atoms with van der Waals surface area (Å²) in [5.74, 6) is 1.12. The molecule has 1 amide bonds. The molecule has 2 aromatic rings. The van der Waals surface area contributed by atoms with Crippen molar-refractivity contribution in [3.8, 4) is 5.88 Å². The molecule has 138 valence electrons. The molecule has 3 heterocycles. The molecule has 0 spiro atoms. The van der Waals surface area contributed by atoms with Gasteiger partial charge in [-0.2, -0.15) is 0 Å². The highest BCUT2D eigenvalue weighted by atomic mass is 16.5. The molecule has 1 saturated heterocycles. The summed E-state index contributed by atoms with van der Waals surface area (Å²) in [6, 6.07) is 0.00972. The Morgan fingerprint density at radius 3 is 2.73 bits per heavy atom. The number of aromatic nitrogens is 4. The molecule has 8 nitrogen and oxygen atoms in total. The minimum atomic E-state index is -0.210. The van der Waals surface area contributed by atoms with Crippen molar-refractivity contribution >= 4 is 5.91 Å². The Bertz CT molecular complexity index is 770. The first-order chi connectivity index (χ1) is 12.6. The fraction of sp³-hybridized carbons (Fsp3) is 0.556. The fourth-order valence-corrected chi connectivity index (χ4v) is 3.41. The third-order valence-corrected chi connectivity index (χ3v) is 5.08. The molecule has 1 aliphatic carbocycles. The van der Waals surface area contributed by atoms with E-state index >= 15 is 0 Å². The Hall–Kier alpha value is -2.48. The van der Waals surface area contributed by atoms with Crippen LogP contribution in [0, 0.1) is 5.92 Å². The van der Waals surface area contributed by atoms with Crippen molar-refractivity contribution in [1.29, 1.82) is 0 Å². The highest BCUT2D eigenvalue weighted by molar-refractivity contribution is 5.92. The second-order valence-corrected chi connectivity index (χ2v) is 7.33. The molecule has 1 saturated carbocycles. The first-order valence-corrected chi connectivity index (χ1v) is 9.00. The van der Waals surface area contributed by atoms with E-state index in [1.807, 2.05) is 17.8 Å². The average molecular weight is 356 g/mol. The van der Waals surface area contributed by atoms with Gasteiger partial charge < -0.3 is 19.5 Å². The van der Waals surface area contributed by atoms with Gasteiger partial charge in [-0.05, 0) is 25.8 Å². The standard InChI is InChI=1S/C18H24N6O2/c1-23-8-13(16-6-19-11-24(16)2)15(9-23)22-18(25)14-5-21-17(7-20-14)26-10-12-3-4-12/h5-7,11-13,15H,3-4,8-10H2,1-2H3,(H,22,25)/t13-,15-/m1/s1. The van der Waals surface area contributed by atoms with Crippen molar-refractivity contribution < 1.29 is 9.53 Å². The van der Waals surface area contributed by atoms with Gasteiger partial charge in [0.25, 0.3) is 5.91 Å². The molecule has 1 N–H and O–H groups in total. The largest absolute Gasteiger partial charge is 0.476 e. The molecule has 1 aliphatic heterocycles. The van der Waals surface area contributed by atoms with Crippen LogP contribution in [-0.4, -0.2) is 63.1 Å². The summed E-state index contributed by atoms with van der Waals surface area (Å²) in [4.78, 5) is 27.4. The average Bonchev–Trinajstić information content (AvgIpc) is 3.27. The summed E-state index contributed by atoms with van der Waals surface area (Å²) in [6.07, 6.45) is 9.11. The van der Waals surface area contributed by atoms with Gasteiger partial charge in [-0.3, -0.25) is 4.79 Å². The van der Waals surface area contributed by atoms with Crippen molar-refractivity contribution in [2.45, 2.75) is 24.8 Å². The number of nitrogens with zero attached hydrogens (tertiary/aromatic N) is 5. The number of likely N-dealkylation sites (N-methyl/N-ethyl adjacent to an activating group) is 1. The lowest BCUT2D eigenvalue weighted by Gasteiger charge is -2.20. The topological polar surface area (TPSA) is 85.2 Å². The van der Waals surface area contributed by atoms with Crippen LogP contribution < -0.4 is 10.1 Å². The number of rotatable bonds is 6. The summed E-state index contributed by atoms with van der Waals surface area (Å²) in [5, 5.41) is 3.11. The number of amides is 1. The van der Waals surface area contributed by atoms with E-state index in [0.29, 0.717) is 24.1 Å². The van der Waals surface area contributed by atoms with E-state index < -0.39 is 0 Å². The van der Waals surface area contributed by atoms with Crippen LogP contribution in [-0.2, 0) is 7.05 Å². The first-order valence-electron chi connectivity index (χ1n) is 9.00. The van der Waals surface area contributed by atoms with Gasteiger partial charge in [0.05, 0.1) is 31.4 Å². The number of ether oxygens (including phenoxy) is 1. The zero-order valence-electron chi connectivity index (χ0n) is 15.1. The minimum absolute atomic E-state index is 0.00972. The van der Waals surface area contributed by atoms with Crippen LogP contribution in [0.3, 0.4) is 0 Å². The Kier molecular flexibility index (Phi) is 4.58. The van der Waals surface area contributed by atoms with Crippen LogP contribution >= 0.6 is 0 Å². The Morgan fingerprint density at radius 1 is 1.23 bits per heavy atom. The van der Waals surface area contributed by atoms with Crippen LogP contribution in [0.4, 0.5) is 0 Å². The number of nitrogens with one attached hydrogen (secondary N) is 1. The summed E-state index contributed by atoms with van der Waals surface area (Å²) in [5.41, 5.74) is 1.43. The van der Waals surface area contributed by atoms with E-state index in [-0.39, 0.29) is 17.9 Å². The molecule has 0 unspecified atom stereocenters. The quantitative estimate of drug-likeness (QED) is 0.825. The predicted molar refractivity (Wildman–Crippen MR) is 95.0 cm³/mol. The van der Waals surface area contributed by atoms with E-state index in [1.54, 1.807) is 6.33 Å². The number of carbonyl (C=O) groups is 1. The molecule has 2 aromatic heterocycles. The van der Waals surface area contributed by atoms with Crippen LogP contribution in [0.5, 0.6) is 5.88 Å². The highest BCUT2D eigenvalue weighted by Gasteiger charge is 2.35. The van der Waals surface area contributed by atoms with Crippen LogP contribution in [0.1, 0.15) is 34.9 Å². The molecule has 2 aliphatic rings. The second kappa shape index (κ2) is 7.03. The molecule has 0 aromatic carbocycles. The summed E-state index contributed by atoms with van der Waals surface area (Å²) in [7, 11) is 4.03. The Morgan fingerprint density at radius 2 is 2.08 bits per heavy atom. The predicted octanol–water partition coefficient (Wildman–Crippen LogP) is 0.826. The fourth-order valence-electron chi connectivity index (χ4n) is 3.41. The van der Waals surface area contributed by atoms with Crippen molar-refractivity contribution in [1.82, 2.24) is 29.7 Å². The number of hydrogen-bond donors (Lipinski definition) is 1. The van der Waals surface area contributed by atoms with Crippen LogP contribution in [0.25, 0.3) is 0 Å². The lowest BCUT2D eigenvalue weighted by molar-refractivity contribution is 0.0929. The molecule has 2 fully saturated rings. The Balaban J connectivity index is 1.40. The smallest absolute Gasteiger partial charge is 0.271 e. The van der Waals surface area contributed by atoms with E-state index in [4.69, 9.17) is 4.74 Å². The third kappa shape index (κ3) is 3.70. The SMILES string of the molecule is CN1C[C@@H](NC(=O)c2cnc(OCC3CC3)cn2)[C@H](c2cncn2C)C1. The van der Waals surface area contributed by atoms with Gasteiger partial charge in [0.1, 0.15) is 5.69 Å². The maximum atomic E-state index is 12.6. The van der Waals surface area contributed by atoms with Crippen molar-refractivity contribution in [2.75, 3.05) is 26.7 Å². The normalized spacial score (nSPS) is 23.2. The lowest BCUT2D eigenvalue weighted by Crippen LogP contribution is -2.40. The maximum Gasteiger partial charge on any atom is 0.271 e. The van der Waals surface area contributed by atoms with Gasteiger partial charge in [-0.15, -0.1) is 0 Å². The van der Waals surface area contributed by atoms with E-state index in [1.165, 1.54) is 25.2 Å². The molecule has 0 radical (unpaired) electrons. The van der Waals surface area contributed by atoms with Crippen LogP contribution in [0.15, 0.2) is 24.9 Å². The van der Waals surface area contributed by atoms with Crippen molar-refractivity contribution in [3.63, 3.8) is 0 Å². The van der Waals surface area contributed by atoms with Crippen molar-refractivity contribution in [2.24, 2.45) is 13.0 Å². The van der Waals surface area contributed by atoms with Crippen molar-refractivity contribution in [3.05, 3.63) is 36.3 Å². The number of imidazole rings is 1. The second-order valence-electron chi connectivity index (χ2n) is 7.33. The number of likely N-dealkylation sites (tertiary alicyclic amines) is 1. The number of aryl methyl sites for hydroxylation is 1. The third-order valence-electron chi connectivity index (χ3n) is 5.08. The number of carbonyl (C=O) groups excluding carboxylic acids is 1. The molecule has 2 atom stereocenters. The first kappa shape index (κ1) is 17.0.